The molecule has 0 unspecified atom stereocenters. The van der Waals surface area contributed by atoms with Crippen molar-refractivity contribution in [2.24, 2.45) is 0 Å². The van der Waals surface area contributed by atoms with Gasteiger partial charge in [-0.15, -0.1) is 5.47 Å². The average molecular weight is 166 g/mol. The van der Waals surface area contributed by atoms with Crippen molar-refractivity contribution >= 4 is 13.2 Å². The van der Waals surface area contributed by atoms with Crippen LogP contribution in [0.15, 0.2) is 23.2 Å². The first kappa shape index (κ1) is 11.0. The maximum absolute atomic E-state index is 10.9. The van der Waals surface area contributed by atoms with Crippen molar-refractivity contribution in [3.63, 3.8) is 0 Å². The zero-order chi connectivity index (χ0) is 9.56. The largest absolute Gasteiger partial charge is 0.466 e. The maximum atomic E-state index is 10.9. The monoisotopic (exact) mass is 166 g/mol. The Morgan fingerprint density at radius 3 is 2.33 bits per heavy atom. The van der Waals surface area contributed by atoms with E-state index in [0.717, 1.165) is 7.28 Å². The first-order chi connectivity index (χ1) is 5.61. The van der Waals surface area contributed by atoms with Gasteiger partial charge in [0.05, 0.1) is 7.11 Å². The van der Waals surface area contributed by atoms with E-state index in [2.05, 4.69) is 11.6 Å². The Morgan fingerprint density at radius 1 is 1.33 bits per heavy atom. The van der Waals surface area contributed by atoms with Crippen LogP contribution in [0, 0.1) is 0 Å². The van der Waals surface area contributed by atoms with Crippen LogP contribution in [-0.4, -0.2) is 20.4 Å². The second kappa shape index (κ2) is 5.64. The lowest BCUT2D eigenvalue weighted by molar-refractivity contribution is -0.136. The summed E-state index contributed by atoms with van der Waals surface area (Å²) in [5.74, 6) is -0.268. The Hall–Kier alpha value is -0.985. The van der Waals surface area contributed by atoms with Crippen LogP contribution in [0.3, 0.4) is 0 Å². The molecule has 0 aromatic heterocycles. The predicted octanol–water partition coefficient (Wildman–Crippen LogP) is 1.49. The molecule has 0 aliphatic heterocycles. The van der Waals surface area contributed by atoms with Crippen LogP contribution >= 0.6 is 0 Å². The van der Waals surface area contributed by atoms with E-state index in [-0.39, 0.29) is 5.97 Å². The van der Waals surface area contributed by atoms with Gasteiger partial charge in [-0.1, -0.05) is 25.9 Å². The Morgan fingerprint density at radius 2 is 1.92 bits per heavy atom. The second-order valence-electron chi connectivity index (χ2n) is 2.71. The van der Waals surface area contributed by atoms with Crippen molar-refractivity contribution in [3.8, 4) is 0 Å². The normalized spacial score (nSPS) is 12.7. The molecule has 0 radical (unpaired) electrons. The molecule has 0 aromatic rings. The molecule has 0 saturated heterocycles. The summed E-state index contributed by atoms with van der Waals surface area (Å²) < 4.78 is 4.54. The van der Waals surface area contributed by atoms with Crippen molar-refractivity contribution < 1.29 is 9.53 Å². The highest BCUT2D eigenvalue weighted by atomic mass is 16.5. The fraction of sp³-hybridized carbons (Fsp3) is 0.444. The van der Waals surface area contributed by atoms with Crippen LogP contribution in [0.2, 0.25) is 6.82 Å². The first-order valence-corrected chi connectivity index (χ1v) is 4.04. The molecule has 0 aromatic carbocycles. The molecule has 0 N–H and O–H groups in total. The molecule has 0 fully saturated rings. The third-order valence-electron chi connectivity index (χ3n) is 1.68. The summed E-state index contributed by atoms with van der Waals surface area (Å²) in [6.45, 7) is 5.85. The highest BCUT2D eigenvalue weighted by molar-refractivity contribution is 6.43. The molecule has 0 rings (SSSR count). The quantitative estimate of drug-likeness (QED) is 0.275. The van der Waals surface area contributed by atoms with Crippen LogP contribution in [0.1, 0.15) is 13.8 Å². The zero-order valence-corrected chi connectivity index (χ0v) is 8.18. The highest BCUT2D eigenvalue weighted by Crippen LogP contribution is 1.98. The molecule has 0 bridgehead atoms. The predicted molar refractivity (Wildman–Crippen MR) is 52.5 cm³/mol. The van der Waals surface area contributed by atoms with E-state index in [1.165, 1.54) is 12.6 Å². The van der Waals surface area contributed by atoms with Gasteiger partial charge in [-0.25, -0.2) is 4.79 Å². The fourth-order valence-electron chi connectivity index (χ4n) is 0.614. The van der Waals surface area contributed by atoms with Crippen LogP contribution in [-0.2, 0) is 9.53 Å². The molecular weight excluding hydrogens is 151 g/mol. The Bertz CT molecular complexity index is 217. The van der Waals surface area contributed by atoms with Gasteiger partial charge in [-0.3, -0.25) is 0 Å². The molecule has 2 nitrogen and oxygen atoms in total. The molecule has 0 saturated carbocycles. The van der Waals surface area contributed by atoms with Gasteiger partial charge in [0, 0.05) is 5.57 Å². The topological polar surface area (TPSA) is 26.3 Å². The Balaban J connectivity index is 4.27. The van der Waals surface area contributed by atoms with E-state index in [1.807, 2.05) is 13.0 Å². The van der Waals surface area contributed by atoms with E-state index in [9.17, 15) is 4.79 Å². The van der Waals surface area contributed by atoms with Gasteiger partial charge in [0.25, 0.3) is 0 Å². The summed E-state index contributed by atoms with van der Waals surface area (Å²) in [5, 5.41) is 0. The minimum atomic E-state index is -0.268. The van der Waals surface area contributed by atoms with Crippen molar-refractivity contribution in [1.82, 2.24) is 0 Å². The van der Waals surface area contributed by atoms with Crippen molar-refractivity contribution in [2.75, 3.05) is 7.11 Å². The van der Waals surface area contributed by atoms with Crippen molar-refractivity contribution in [1.29, 1.82) is 0 Å². The second-order valence-corrected chi connectivity index (χ2v) is 2.71. The van der Waals surface area contributed by atoms with Gasteiger partial charge in [0.2, 0.25) is 0 Å². The summed E-state index contributed by atoms with van der Waals surface area (Å²) >= 11 is 0. The minimum Gasteiger partial charge on any atom is -0.466 e. The summed E-state index contributed by atoms with van der Waals surface area (Å²) in [7, 11) is 2.39. The SMILES string of the molecule is CB/C(C)=C/C=C(\C)C(=O)OC. The van der Waals surface area contributed by atoms with E-state index in [1.54, 1.807) is 13.0 Å². The number of ether oxygens (including phenoxy) is 1. The molecule has 3 heteroatoms. The fourth-order valence-corrected chi connectivity index (χ4v) is 0.614. The smallest absolute Gasteiger partial charge is 0.333 e. The van der Waals surface area contributed by atoms with Gasteiger partial charge in [0.1, 0.15) is 7.28 Å². The van der Waals surface area contributed by atoms with Crippen LogP contribution in [0.5, 0.6) is 0 Å². The van der Waals surface area contributed by atoms with E-state index in [4.69, 9.17) is 0 Å². The first-order valence-electron chi connectivity index (χ1n) is 4.04. The number of carbonyl (C=O) groups excluding carboxylic acids is 1. The number of hydrogen-bond donors (Lipinski definition) is 0. The van der Waals surface area contributed by atoms with Gasteiger partial charge >= 0.3 is 5.97 Å². The number of rotatable bonds is 3. The molecule has 66 valence electrons. The third kappa shape index (κ3) is 4.01. The zero-order valence-electron chi connectivity index (χ0n) is 8.18. The van der Waals surface area contributed by atoms with Crippen molar-refractivity contribution in [2.45, 2.75) is 20.7 Å². The van der Waals surface area contributed by atoms with Crippen molar-refractivity contribution in [3.05, 3.63) is 23.2 Å². The highest BCUT2D eigenvalue weighted by Gasteiger charge is 1.99. The lowest BCUT2D eigenvalue weighted by Crippen LogP contribution is -2.00. The van der Waals surface area contributed by atoms with Crippen LogP contribution < -0.4 is 0 Å². The number of esters is 1. The standard InChI is InChI=1S/C9H15BO2/c1-7(9(11)12-4)5-6-8(2)10-3/h5-6,10H,1-4H3/b7-5+,8-6+. The van der Waals surface area contributed by atoms with Gasteiger partial charge in [-0.05, 0) is 6.92 Å². The van der Waals surface area contributed by atoms with Gasteiger partial charge in [-0.2, -0.15) is 0 Å². The maximum Gasteiger partial charge on any atom is 0.333 e. The molecule has 0 spiro atoms. The molecule has 0 aliphatic rings. The third-order valence-corrected chi connectivity index (χ3v) is 1.68. The number of allylic oxidation sites excluding steroid dienone is 3. The van der Waals surface area contributed by atoms with E-state index < -0.39 is 0 Å². The van der Waals surface area contributed by atoms with Crippen LogP contribution in [0.25, 0.3) is 0 Å². The lowest BCUT2D eigenvalue weighted by atomic mass is 9.73. The molecule has 0 atom stereocenters. The molecular formula is C9H15BO2. The molecule has 0 aliphatic carbocycles. The summed E-state index contributed by atoms with van der Waals surface area (Å²) in [6.07, 6.45) is 3.72. The lowest BCUT2D eigenvalue weighted by Gasteiger charge is -1.96. The summed E-state index contributed by atoms with van der Waals surface area (Å²) in [4.78, 5) is 10.9. The summed E-state index contributed by atoms with van der Waals surface area (Å²) in [6, 6.07) is 0. The molecule has 0 heterocycles. The molecule has 0 amide bonds. The number of methoxy groups -OCH3 is 1. The van der Waals surface area contributed by atoms with E-state index >= 15 is 0 Å². The number of carbonyl (C=O) groups is 1. The van der Waals surface area contributed by atoms with E-state index in [0.29, 0.717) is 5.57 Å². The Labute approximate surface area is 74.5 Å². The number of hydrogen-bond acceptors (Lipinski definition) is 2. The average Bonchev–Trinajstić information content (AvgIpc) is 2.11. The molecule has 12 heavy (non-hydrogen) atoms. The van der Waals surface area contributed by atoms with Crippen LogP contribution in [0.4, 0.5) is 0 Å². The van der Waals surface area contributed by atoms with Gasteiger partial charge < -0.3 is 4.74 Å². The summed E-state index contributed by atoms with van der Waals surface area (Å²) in [5.41, 5.74) is 1.88. The van der Waals surface area contributed by atoms with Gasteiger partial charge in [0.15, 0.2) is 0 Å². The Kier molecular flexibility index (Phi) is 5.18. The minimum absolute atomic E-state index is 0.268.